The lowest BCUT2D eigenvalue weighted by Gasteiger charge is -2.18. The monoisotopic (exact) mass is 346 g/mol. The minimum absolute atomic E-state index is 0.00154. The molecule has 1 fully saturated rings. The number of pyridine rings is 1. The maximum absolute atomic E-state index is 12.0. The van der Waals surface area contributed by atoms with E-state index < -0.39 is 0 Å². The van der Waals surface area contributed by atoms with Crippen LogP contribution in [0, 0.1) is 0 Å². The summed E-state index contributed by atoms with van der Waals surface area (Å²) in [4.78, 5) is 18.5. The van der Waals surface area contributed by atoms with Gasteiger partial charge >= 0.3 is 6.03 Å². The highest BCUT2D eigenvalue weighted by atomic mass is 35.5. The molecule has 126 valence electrons. The second kappa shape index (κ2) is 7.40. The molecule has 1 unspecified atom stereocenters. The number of aromatic nitrogens is 1. The van der Waals surface area contributed by atoms with Crippen LogP contribution in [-0.2, 0) is 6.54 Å². The second-order valence-corrected chi connectivity index (χ2v) is 6.10. The van der Waals surface area contributed by atoms with E-state index in [-0.39, 0.29) is 29.4 Å². The van der Waals surface area contributed by atoms with Crippen LogP contribution in [0.15, 0.2) is 42.6 Å². The topological polar surface area (TPSA) is 77.5 Å². The van der Waals surface area contributed by atoms with Crippen LogP contribution in [0.4, 0.5) is 10.6 Å². The molecular formula is C17H19ClN4O2. The van der Waals surface area contributed by atoms with Gasteiger partial charge in [0.05, 0.1) is 5.02 Å². The van der Waals surface area contributed by atoms with Crippen LogP contribution in [0.1, 0.15) is 12.0 Å². The highest BCUT2D eigenvalue weighted by molar-refractivity contribution is 6.32. The summed E-state index contributed by atoms with van der Waals surface area (Å²) in [6.07, 6.45) is 2.63. The van der Waals surface area contributed by atoms with Gasteiger partial charge in [-0.25, -0.2) is 9.78 Å². The van der Waals surface area contributed by atoms with E-state index in [1.807, 2.05) is 18.2 Å². The fourth-order valence-corrected chi connectivity index (χ4v) is 2.94. The number of halogens is 1. The third kappa shape index (κ3) is 3.89. The maximum atomic E-state index is 12.0. The number of phenols is 1. The second-order valence-electron chi connectivity index (χ2n) is 5.69. The molecule has 3 rings (SSSR count). The Balaban J connectivity index is 1.48. The number of urea groups is 1. The highest BCUT2D eigenvalue weighted by Gasteiger charge is 2.24. The Labute approximate surface area is 145 Å². The molecule has 0 aliphatic carbocycles. The van der Waals surface area contributed by atoms with E-state index in [0.29, 0.717) is 5.56 Å². The molecule has 0 radical (unpaired) electrons. The summed E-state index contributed by atoms with van der Waals surface area (Å²) in [5.41, 5.74) is 0.583. The van der Waals surface area contributed by atoms with E-state index in [1.54, 1.807) is 24.4 Å². The fraction of sp³-hybridized carbons (Fsp3) is 0.294. The average Bonchev–Trinajstić information content (AvgIpc) is 3.05. The number of carbonyl (C=O) groups excluding carboxylic acids is 1. The first-order chi connectivity index (χ1) is 11.6. The summed E-state index contributed by atoms with van der Waals surface area (Å²) >= 11 is 5.85. The van der Waals surface area contributed by atoms with Gasteiger partial charge in [0.2, 0.25) is 0 Å². The summed E-state index contributed by atoms with van der Waals surface area (Å²) in [5.74, 6) is 0.924. The van der Waals surface area contributed by atoms with Crippen molar-refractivity contribution in [3.8, 4) is 5.75 Å². The zero-order valence-electron chi connectivity index (χ0n) is 13.1. The van der Waals surface area contributed by atoms with Crippen LogP contribution in [0.2, 0.25) is 5.02 Å². The van der Waals surface area contributed by atoms with Crippen molar-refractivity contribution in [2.24, 2.45) is 0 Å². The van der Waals surface area contributed by atoms with Crippen LogP contribution in [0.25, 0.3) is 0 Å². The van der Waals surface area contributed by atoms with Gasteiger partial charge in [0.15, 0.2) is 0 Å². The number of carbonyl (C=O) groups is 1. The number of rotatable bonds is 4. The molecule has 2 heterocycles. The molecule has 7 heteroatoms. The molecule has 1 saturated heterocycles. The van der Waals surface area contributed by atoms with Crippen LogP contribution in [-0.4, -0.2) is 35.3 Å². The zero-order chi connectivity index (χ0) is 16.9. The predicted molar refractivity (Wildman–Crippen MR) is 93.3 cm³/mol. The standard InChI is InChI=1S/C17H19ClN4O2/c18-14-5-3-4-12(16(14)23)10-20-17(24)21-13-7-9-22(11-13)15-6-1-2-8-19-15/h1-6,8,13,23H,7,9-11H2,(H2,20,21,24). The van der Waals surface area contributed by atoms with Gasteiger partial charge in [-0.15, -0.1) is 0 Å². The van der Waals surface area contributed by atoms with Gasteiger partial charge in [0.25, 0.3) is 0 Å². The molecular weight excluding hydrogens is 328 g/mol. The van der Waals surface area contributed by atoms with E-state index in [9.17, 15) is 9.90 Å². The Kier molecular flexibility index (Phi) is 5.05. The molecule has 1 aromatic carbocycles. The van der Waals surface area contributed by atoms with Gasteiger partial charge < -0.3 is 20.6 Å². The lowest BCUT2D eigenvalue weighted by atomic mass is 10.2. The molecule has 0 spiro atoms. The van der Waals surface area contributed by atoms with Crippen molar-refractivity contribution < 1.29 is 9.90 Å². The van der Waals surface area contributed by atoms with Crippen molar-refractivity contribution in [2.45, 2.75) is 19.0 Å². The lowest BCUT2D eigenvalue weighted by molar-refractivity contribution is 0.237. The fourth-order valence-electron chi connectivity index (χ4n) is 2.74. The molecule has 1 aliphatic heterocycles. The van der Waals surface area contributed by atoms with Gasteiger partial charge in [-0.2, -0.15) is 0 Å². The highest BCUT2D eigenvalue weighted by Crippen LogP contribution is 2.26. The molecule has 2 aromatic rings. The molecule has 6 nitrogen and oxygen atoms in total. The summed E-state index contributed by atoms with van der Waals surface area (Å²) in [6, 6.07) is 10.7. The van der Waals surface area contributed by atoms with E-state index in [1.165, 1.54) is 0 Å². The zero-order valence-corrected chi connectivity index (χ0v) is 13.8. The number of hydrogen-bond acceptors (Lipinski definition) is 4. The molecule has 0 bridgehead atoms. The number of benzene rings is 1. The summed E-state index contributed by atoms with van der Waals surface area (Å²) < 4.78 is 0. The molecule has 1 aliphatic rings. The third-order valence-corrected chi connectivity index (χ3v) is 4.31. The normalized spacial score (nSPS) is 16.9. The SMILES string of the molecule is O=C(NCc1cccc(Cl)c1O)NC1CCN(c2ccccn2)C1. The molecule has 1 aromatic heterocycles. The minimum Gasteiger partial charge on any atom is -0.506 e. The summed E-state index contributed by atoms with van der Waals surface area (Å²) in [7, 11) is 0. The Bertz CT molecular complexity index is 711. The first-order valence-electron chi connectivity index (χ1n) is 7.80. The number of aromatic hydroxyl groups is 1. The first-order valence-corrected chi connectivity index (χ1v) is 8.18. The van der Waals surface area contributed by atoms with Crippen molar-refractivity contribution in [1.29, 1.82) is 0 Å². The van der Waals surface area contributed by atoms with Gasteiger partial charge in [-0.05, 0) is 24.6 Å². The Morgan fingerprint density at radius 2 is 2.21 bits per heavy atom. The van der Waals surface area contributed by atoms with Gasteiger partial charge in [0.1, 0.15) is 11.6 Å². The number of amides is 2. The molecule has 24 heavy (non-hydrogen) atoms. The maximum Gasteiger partial charge on any atom is 0.315 e. The largest absolute Gasteiger partial charge is 0.506 e. The van der Waals surface area contributed by atoms with E-state index in [0.717, 1.165) is 25.3 Å². The summed E-state index contributed by atoms with van der Waals surface area (Å²) in [6.45, 7) is 1.80. The number of hydrogen-bond donors (Lipinski definition) is 3. The minimum atomic E-state index is -0.262. The Morgan fingerprint density at radius 1 is 1.33 bits per heavy atom. The van der Waals surface area contributed by atoms with E-state index in [2.05, 4.69) is 20.5 Å². The van der Waals surface area contributed by atoms with Gasteiger partial charge in [0, 0.05) is 37.4 Å². The first kappa shape index (κ1) is 16.4. The number of nitrogens with zero attached hydrogens (tertiary/aromatic N) is 2. The number of para-hydroxylation sites is 1. The van der Waals surface area contributed by atoms with Crippen molar-refractivity contribution >= 4 is 23.4 Å². The van der Waals surface area contributed by atoms with Crippen LogP contribution in [0.5, 0.6) is 5.75 Å². The van der Waals surface area contributed by atoms with E-state index in [4.69, 9.17) is 11.6 Å². The number of nitrogens with one attached hydrogen (secondary N) is 2. The summed E-state index contributed by atoms with van der Waals surface area (Å²) in [5, 5.41) is 15.8. The third-order valence-electron chi connectivity index (χ3n) is 4.01. The quantitative estimate of drug-likeness (QED) is 0.795. The van der Waals surface area contributed by atoms with Crippen molar-refractivity contribution in [2.75, 3.05) is 18.0 Å². The van der Waals surface area contributed by atoms with Crippen LogP contribution >= 0.6 is 11.6 Å². The Hall–Kier alpha value is -2.47. The average molecular weight is 347 g/mol. The van der Waals surface area contributed by atoms with Crippen molar-refractivity contribution in [3.05, 3.63) is 53.2 Å². The molecule has 0 saturated carbocycles. The van der Waals surface area contributed by atoms with Gasteiger partial charge in [-0.3, -0.25) is 0 Å². The molecule has 1 atom stereocenters. The molecule has 3 N–H and O–H groups in total. The lowest BCUT2D eigenvalue weighted by Crippen LogP contribution is -2.43. The van der Waals surface area contributed by atoms with Crippen LogP contribution < -0.4 is 15.5 Å². The van der Waals surface area contributed by atoms with Crippen LogP contribution in [0.3, 0.4) is 0 Å². The van der Waals surface area contributed by atoms with E-state index >= 15 is 0 Å². The smallest absolute Gasteiger partial charge is 0.315 e. The predicted octanol–water partition coefficient (Wildman–Crippen LogP) is 2.52. The number of anilines is 1. The van der Waals surface area contributed by atoms with Gasteiger partial charge in [-0.1, -0.05) is 29.8 Å². The molecule has 2 amide bonds. The van der Waals surface area contributed by atoms with Crippen molar-refractivity contribution in [3.63, 3.8) is 0 Å². The van der Waals surface area contributed by atoms with Crippen molar-refractivity contribution in [1.82, 2.24) is 15.6 Å². The Morgan fingerprint density at radius 3 is 3.00 bits per heavy atom. The number of phenolic OH excluding ortho intramolecular Hbond substituents is 1.